The van der Waals surface area contributed by atoms with Crippen LogP contribution >= 0.6 is 0 Å². The summed E-state index contributed by atoms with van der Waals surface area (Å²) in [7, 11) is -3.52. The van der Waals surface area contributed by atoms with Crippen LogP contribution < -0.4 is 10.2 Å². The van der Waals surface area contributed by atoms with Gasteiger partial charge in [0.05, 0.1) is 18.8 Å². The van der Waals surface area contributed by atoms with Crippen LogP contribution in [-0.4, -0.2) is 44.5 Å². The van der Waals surface area contributed by atoms with Crippen LogP contribution in [-0.2, 0) is 21.4 Å². The minimum absolute atomic E-state index is 0.171. The Morgan fingerprint density at radius 1 is 1.16 bits per heavy atom. The molecule has 0 unspecified atom stereocenters. The maximum Gasteiger partial charge on any atom is 0.235 e. The third-order valence-electron chi connectivity index (χ3n) is 6.06. The number of carbonyl (C=O) groups excluding carboxylic acids is 1. The van der Waals surface area contributed by atoms with Crippen molar-refractivity contribution in [3.63, 3.8) is 0 Å². The van der Waals surface area contributed by atoms with Crippen LogP contribution in [0.1, 0.15) is 49.4 Å². The Morgan fingerprint density at radius 2 is 1.81 bits per heavy atom. The minimum atomic E-state index is -3.52. The number of amides is 1. The van der Waals surface area contributed by atoms with E-state index in [1.54, 1.807) is 0 Å². The highest BCUT2D eigenvalue weighted by molar-refractivity contribution is 7.88. The SMILES string of the molecule is Cc1ccc(CN(CC(=O)N[C@H](C)c2ccc(N3CCC[C@H](C)C3)cc2)S(C)(=O)=O)cc1. The Morgan fingerprint density at radius 3 is 2.41 bits per heavy atom. The lowest BCUT2D eigenvalue weighted by atomic mass is 9.99. The molecule has 0 saturated carbocycles. The summed E-state index contributed by atoms with van der Waals surface area (Å²) >= 11 is 0. The average Bonchev–Trinajstić information content (AvgIpc) is 2.74. The fourth-order valence-corrected chi connectivity index (χ4v) is 4.85. The second kappa shape index (κ2) is 10.5. The summed E-state index contributed by atoms with van der Waals surface area (Å²) in [6.45, 7) is 8.31. The van der Waals surface area contributed by atoms with Gasteiger partial charge in [-0.1, -0.05) is 48.9 Å². The summed E-state index contributed by atoms with van der Waals surface area (Å²) in [6, 6.07) is 15.7. The first kappa shape index (κ1) is 24.3. The molecule has 7 heteroatoms. The molecule has 32 heavy (non-hydrogen) atoms. The van der Waals surface area contributed by atoms with Crippen molar-refractivity contribution in [3.8, 4) is 0 Å². The number of aryl methyl sites for hydroxylation is 1. The van der Waals surface area contributed by atoms with E-state index >= 15 is 0 Å². The van der Waals surface area contributed by atoms with E-state index in [1.807, 2.05) is 50.2 Å². The summed E-state index contributed by atoms with van der Waals surface area (Å²) in [5.41, 5.74) is 4.16. The highest BCUT2D eigenvalue weighted by atomic mass is 32.2. The van der Waals surface area contributed by atoms with Crippen molar-refractivity contribution < 1.29 is 13.2 Å². The number of nitrogens with one attached hydrogen (secondary N) is 1. The maximum atomic E-state index is 12.7. The first-order valence-corrected chi connectivity index (χ1v) is 13.1. The quantitative estimate of drug-likeness (QED) is 0.653. The van der Waals surface area contributed by atoms with Crippen LogP contribution in [0.4, 0.5) is 5.69 Å². The van der Waals surface area contributed by atoms with Crippen molar-refractivity contribution in [2.45, 2.75) is 46.2 Å². The predicted molar refractivity (Wildman–Crippen MR) is 130 cm³/mol. The number of rotatable bonds is 8. The van der Waals surface area contributed by atoms with Crippen molar-refractivity contribution in [2.75, 3.05) is 30.8 Å². The Kier molecular flexibility index (Phi) is 7.96. The van der Waals surface area contributed by atoms with Gasteiger partial charge in [0.1, 0.15) is 0 Å². The number of anilines is 1. The van der Waals surface area contributed by atoms with Gasteiger partial charge in [-0.15, -0.1) is 0 Å². The summed E-state index contributed by atoms with van der Waals surface area (Å²) in [5.74, 6) is 0.392. The molecule has 3 rings (SSSR count). The van der Waals surface area contributed by atoms with E-state index in [1.165, 1.54) is 22.8 Å². The molecule has 0 spiro atoms. The molecule has 2 aromatic rings. The summed E-state index contributed by atoms with van der Waals surface area (Å²) < 4.78 is 25.7. The van der Waals surface area contributed by atoms with Crippen molar-refractivity contribution in [1.29, 1.82) is 0 Å². The lowest BCUT2D eigenvalue weighted by Crippen LogP contribution is -2.40. The maximum absolute atomic E-state index is 12.7. The van der Waals surface area contributed by atoms with Crippen LogP contribution in [0, 0.1) is 12.8 Å². The number of piperidine rings is 1. The molecule has 174 valence electrons. The summed E-state index contributed by atoms with van der Waals surface area (Å²) in [4.78, 5) is 15.1. The molecular formula is C25H35N3O3S. The molecule has 2 atom stereocenters. The first-order chi connectivity index (χ1) is 15.1. The molecule has 2 aromatic carbocycles. The third-order valence-corrected chi connectivity index (χ3v) is 7.26. The lowest BCUT2D eigenvalue weighted by molar-refractivity contribution is -0.122. The molecule has 1 heterocycles. The van der Waals surface area contributed by atoms with Gasteiger partial charge in [0.25, 0.3) is 0 Å². The van der Waals surface area contributed by atoms with E-state index in [0.29, 0.717) is 5.92 Å². The number of benzene rings is 2. The Balaban J connectivity index is 1.60. The molecular weight excluding hydrogens is 422 g/mol. The lowest BCUT2D eigenvalue weighted by Gasteiger charge is -2.33. The monoisotopic (exact) mass is 457 g/mol. The highest BCUT2D eigenvalue weighted by Crippen LogP contribution is 2.24. The molecule has 1 N–H and O–H groups in total. The van der Waals surface area contributed by atoms with Crippen LogP contribution in [0.3, 0.4) is 0 Å². The molecule has 0 radical (unpaired) electrons. The van der Waals surface area contributed by atoms with Crippen LogP contribution in [0.2, 0.25) is 0 Å². The number of hydrogen-bond acceptors (Lipinski definition) is 4. The molecule has 0 aliphatic carbocycles. The molecule has 6 nitrogen and oxygen atoms in total. The van der Waals surface area contributed by atoms with Gasteiger partial charge in [-0.05, 0) is 55.9 Å². The fourth-order valence-electron chi connectivity index (χ4n) is 4.12. The normalized spacial score (nSPS) is 17.9. The number of nitrogens with zero attached hydrogens (tertiary/aromatic N) is 2. The molecule has 0 bridgehead atoms. The average molecular weight is 458 g/mol. The van der Waals surface area contributed by atoms with Crippen LogP contribution in [0.25, 0.3) is 0 Å². The molecule has 1 saturated heterocycles. The third kappa shape index (κ3) is 6.81. The summed E-state index contributed by atoms with van der Waals surface area (Å²) in [6.07, 6.45) is 3.64. The Bertz CT molecular complexity index is 1000. The molecule has 1 aliphatic heterocycles. The largest absolute Gasteiger partial charge is 0.371 e. The van der Waals surface area contributed by atoms with Gasteiger partial charge in [-0.2, -0.15) is 4.31 Å². The molecule has 1 fully saturated rings. The van der Waals surface area contributed by atoms with Gasteiger partial charge in [0, 0.05) is 25.3 Å². The molecule has 1 aliphatic rings. The highest BCUT2D eigenvalue weighted by Gasteiger charge is 2.22. The van der Waals surface area contributed by atoms with E-state index in [-0.39, 0.29) is 25.0 Å². The van der Waals surface area contributed by atoms with E-state index in [0.717, 1.165) is 36.0 Å². The molecule has 1 amide bonds. The smallest absolute Gasteiger partial charge is 0.235 e. The molecule has 0 aromatic heterocycles. The van der Waals surface area contributed by atoms with Crippen molar-refractivity contribution in [3.05, 3.63) is 65.2 Å². The van der Waals surface area contributed by atoms with E-state index < -0.39 is 10.0 Å². The second-order valence-electron chi connectivity index (χ2n) is 9.09. The van der Waals surface area contributed by atoms with Gasteiger partial charge >= 0.3 is 0 Å². The second-order valence-corrected chi connectivity index (χ2v) is 11.1. The Hall–Kier alpha value is -2.38. The summed E-state index contributed by atoms with van der Waals surface area (Å²) in [5, 5.41) is 2.94. The predicted octanol–water partition coefficient (Wildman–Crippen LogP) is 3.87. The van der Waals surface area contributed by atoms with Gasteiger partial charge in [-0.25, -0.2) is 8.42 Å². The van der Waals surface area contributed by atoms with Crippen molar-refractivity contribution in [1.82, 2.24) is 9.62 Å². The standard InChI is InChI=1S/C25H35N3O3S/c1-19-7-9-22(10-8-19)17-28(32(4,30)31)18-25(29)26-21(3)23-11-13-24(14-12-23)27-15-5-6-20(2)16-27/h7-14,20-21H,5-6,15-18H2,1-4H3,(H,26,29)/t20-,21+/m0/s1. The zero-order valence-corrected chi connectivity index (χ0v) is 20.4. The van der Waals surface area contributed by atoms with Crippen molar-refractivity contribution >= 4 is 21.6 Å². The number of carbonyl (C=O) groups is 1. The van der Waals surface area contributed by atoms with Gasteiger partial charge < -0.3 is 10.2 Å². The van der Waals surface area contributed by atoms with Gasteiger partial charge in [0.2, 0.25) is 15.9 Å². The number of hydrogen-bond donors (Lipinski definition) is 1. The van der Waals surface area contributed by atoms with Crippen LogP contribution in [0.15, 0.2) is 48.5 Å². The first-order valence-electron chi connectivity index (χ1n) is 11.3. The van der Waals surface area contributed by atoms with E-state index in [9.17, 15) is 13.2 Å². The Labute approximate surface area is 192 Å². The zero-order chi connectivity index (χ0) is 23.3. The van der Waals surface area contributed by atoms with Gasteiger partial charge in [-0.3, -0.25) is 4.79 Å². The number of sulfonamides is 1. The minimum Gasteiger partial charge on any atom is -0.371 e. The van der Waals surface area contributed by atoms with E-state index in [2.05, 4.69) is 29.3 Å². The van der Waals surface area contributed by atoms with Crippen LogP contribution in [0.5, 0.6) is 0 Å². The topological polar surface area (TPSA) is 69.7 Å². The van der Waals surface area contributed by atoms with Crippen molar-refractivity contribution in [2.24, 2.45) is 5.92 Å². The fraction of sp³-hybridized carbons (Fsp3) is 0.480. The van der Waals surface area contributed by atoms with Gasteiger partial charge in [0.15, 0.2) is 0 Å². The zero-order valence-electron chi connectivity index (χ0n) is 19.5. The van der Waals surface area contributed by atoms with E-state index in [4.69, 9.17) is 0 Å².